The van der Waals surface area contributed by atoms with Crippen molar-refractivity contribution in [2.45, 2.75) is 6.54 Å². The van der Waals surface area contributed by atoms with Gasteiger partial charge in [-0.3, -0.25) is 4.68 Å². The standard InChI is InChI=1S/C6H11N3/c1-7-3-6-4-8-9(2)5-6/h4-5,7H,3H2,1-2H3. The average molecular weight is 125 g/mol. The molecule has 0 saturated heterocycles. The van der Waals surface area contributed by atoms with Gasteiger partial charge in [-0.25, -0.2) is 0 Å². The summed E-state index contributed by atoms with van der Waals surface area (Å²) >= 11 is 0. The van der Waals surface area contributed by atoms with Crippen molar-refractivity contribution in [3.8, 4) is 0 Å². The normalized spacial score (nSPS) is 10.0. The van der Waals surface area contributed by atoms with Crippen molar-refractivity contribution in [2.75, 3.05) is 7.05 Å². The minimum atomic E-state index is 0.897. The van der Waals surface area contributed by atoms with E-state index < -0.39 is 0 Å². The van der Waals surface area contributed by atoms with Gasteiger partial charge in [-0.1, -0.05) is 0 Å². The number of hydrogen-bond acceptors (Lipinski definition) is 2. The molecular formula is C6H11N3. The summed E-state index contributed by atoms with van der Waals surface area (Å²) in [6, 6.07) is 0. The van der Waals surface area contributed by atoms with E-state index in [0.29, 0.717) is 0 Å². The Balaban J connectivity index is 2.61. The van der Waals surface area contributed by atoms with Gasteiger partial charge in [0.25, 0.3) is 0 Å². The van der Waals surface area contributed by atoms with Gasteiger partial charge in [-0.2, -0.15) is 5.10 Å². The van der Waals surface area contributed by atoms with Crippen LogP contribution in [0.4, 0.5) is 0 Å². The highest BCUT2D eigenvalue weighted by Crippen LogP contribution is 1.92. The summed E-state index contributed by atoms with van der Waals surface area (Å²) in [5, 5.41) is 7.06. The molecule has 0 unspecified atom stereocenters. The van der Waals surface area contributed by atoms with Gasteiger partial charge in [0.2, 0.25) is 0 Å². The van der Waals surface area contributed by atoms with Crippen LogP contribution in [0.2, 0.25) is 0 Å². The van der Waals surface area contributed by atoms with Crippen molar-refractivity contribution in [1.29, 1.82) is 0 Å². The fourth-order valence-corrected chi connectivity index (χ4v) is 0.767. The quantitative estimate of drug-likeness (QED) is 0.609. The van der Waals surface area contributed by atoms with Crippen molar-refractivity contribution < 1.29 is 0 Å². The van der Waals surface area contributed by atoms with Gasteiger partial charge in [-0.05, 0) is 7.05 Å². The van der Waals surface area contributed by atoms with Crippen LogP contribution in [0, 0.1) is 0 Å². The summed E-state index contributed by atoms with van der Waals surface area (Å²) in [4.78, 5) is 0. The van der Waals surface area contributed by atoms with Crippen LogP contribution in [0.3, 0.4) is 0 Å². The van der Waals surface area contributed by atoms with E-state index in [1.165, 1.54) is 5.56 Å². The maximum absolute atomic E-state index is 4.01. The van der Waals surface area contributed by atoms with Gasteiger partial charge in [0.1, 0.15) is 0 Å². The number of hydrogen-bond donors (Lipinski definition) is 1. The number of aryl methyl sites for hydroxylation is 1. The molecule has 3 nitrogen and oxygen atoms in total. The molecule has 0 amide bonds. The lowest BCUT2D eigenvalue weighted by atomic mass is 10.4. The van der Waals surface area contributed by atoms with Gasteiger partial charge in [-0.15, -0.1) is 0 Å². The molecule has 1 N–H and O–H groups in total. The van der Waals surface area contributed by atoms with E-state index in [9.17, 15) is 0 Å². The van der Waals surface area contributed by atoms with E-state index in [1.54, 1.807) is 4.68 Å². The highest BCUT2D eigenvalue weighted by molar-refractivity contribution is 5.02. The summed E-state index contributed by atoms with van der Waals surface area (Å²) in [6.07, 6.45) is 3.85. The molecule has 0 aliphatic carbocycles. The summed E-state index contributed by atoms with van der Waals surface area (Å²) < 4.78 is 1.80. The van der Waals surface area contributed by atoms with Gasteiger partial charge in [0.05, 0.1) is 6.20 Å². The van der Waals surface area contributed by atoms with Gasteiger partial charge in [0, 0.05) is 25.4 Å². The first kappa shape index (κ1) is 6.29. The predicted molar refractivity (Wildman–Crippen MR) is 36.0 cm³/mol. The van der Waals surface area contributed by atoms with Crippen LogP contribution in [-0.4, -0.2) is 16.8 Å². The zero-order chi connectivity index (χ0) is 6.69. The molecule has 9 heavy (non-hydrogen) atoms. The molecule has 1 aromatic rings. The Labute approximate surface area is 54.7 Å². The molecule has 0 atom stereocenters. The van der Waals surface area contributed by atoms with Crippen LogP contribution in [0.25, 0.3) is 0 Å². The highest BCUT2D eigenvalue weighted by atomic mass is 15.2. The summed E-state index contributed by atoms with van der Waals surface area (Å²) in [5.74, 6) is 0. The van der Waals surface area contributed by atoms with Crippen LogP contribution in [0.5, 0.6) is 0 Å². The molecule has 0 aliphatic heterocycles. The Hall–Kier alpha value is -0.830. The molecule has 0 aromatic carbocycles. The topological polar surface area (TPSA) is 29.9 Å². The summed E-state index contributed by atoms with van der Waals surface area (Å²) in [7, 11) is 3.84. The maximum atomic E-state index is 4.01. The smallest absolute Gasteiger partial charge is 0.0534 e. The molecular weight excluding hydrogens is 114 g/mol. The number of aromatic nitrogens is 2. The molecule has 0 aliphatic rings. The van der Waals surface area contributed by atoms with E-state index in [2.05, 4.69) is 10.4 Å². The van der Waals surface area contributed by atoms with E-state index in [1.807, 2.05) is 26.5 Å². The number of nitrogens with one attached hydrogen (secondary N) is 1. The lowest BCUT2D eigenvalue weighted by Gasteiger charge is -1.89. The highest BCUT2D eigenvalue weighted by Gasteiger charge is 1.90. The van der Waals surface area contributed by atoms with Crippen LogP contribution in [-0.2, 0) is 13.6 Å². The largest absolute Gasteiger partial charge is 0.316 e. The molecule has 1 heterocycles. The fourth-order valence-electron chi connectivity index (χ4n) is 0.767. The van der Waals surface area contributed by atoms with Crippen molar-refractivity contribution in [2.24, 2.45) is 7.05 Å². The van der Waals surface area contributed by atoms with Gasteiger partial charge < -0.3 is 5.32 Å². The molecule has 0 fully saturated rings. The van der Waals surface area contributed by atoms with E-state index in [4.69, 9.17) is 0 Å². The molecule has 0 bridgehead atoms. The zero-order valence-corrected chi connectivity index (χ0v) is 5.76. The third-order valence-electron chi connectivity index (χ3n) is 1.14. The van der Waals surface area contributed by atoms with E-state index >= 15 is 0 Å². The first-order valence-corrected chi connectivity index (χ1v) is 2.95. The second kappa shape index (κ2) is 2.64. The first-order chi connectivity index (χ1) is 4.33. The Bertz CT molecular complexity index is 180. The maximum Gasteiger partial charge on any atom is 0.0534 e. The molecule has 0 saturated carbocycles. The van der Waals surface area contributed by atoms with Crippen molar-refractivity contribution in [1.82, 2.24) is 15.1 Å². The van der Waals surface area contributed by atoms with E-state index in [-0.39, 0.29) is 0 Å². The number of nitrogens with zero attached hydrogens (tertiary/aromatic N) is 2. The molecule has 0 radical (unpaired) electrons. The molecule has 0 spiro atoms. The Morgan fingerprint density at radius 2 is 2.56 bits per heavy atom. The SMILES string of the molecule is CNCc1cnn(C)c1. The first-order valence-electron chi connectivity index (χ1n) is 2.95. The van der Waals surface area contributed by atoms with Crippen LogP contribution in [0.15, 0.2) is 12.4 Å². The van der Waals surface area contributed by atoms with Crippen LogP contribution >= 0.6 is 0 Å². The molecule has 3 heteroatoms. The molecule has 1 rings (SSSR count). The average Bonchev–Trinajstić information content (AvgIpc) is 2.17. The second-order valence-corrected chi connectivity index (χ2v) is 2.05. The Morgan fingerprint density at radius 1 is 1.78 bits per heavy atom. The third-order valence-corrected chi connectivity index (χ3v) is 1.14. The lowest BCUT2D eigenvalue weighted by molar-refractivity contribution is 0.764. The lowest BCUT2D eigenvalue weighted by Crippen LogP contribution is -2.03. The predicted octanol–water partition coefficient (Wildman–Crippen LogP) is 0.139. The van der Waals surface area contributed by atoms with Crippen molar-refractivity contribution in [3.05, 3.63) is 18.0 Å². The van der Waals surface area contributed by atoms with Crippen LogP contribution < -0.4 is 5.32 Å². The Kier molecular flexibility index (Phi) is 1.85. The zero-order valence-electron chi connectivity index (χ0n) is 5.76. The number of rotatable bonds is 2. The summed E-state index contributed by atoms with van der Waals surface area (Å²) in [5.41, 5.74) is 1.22. The van der Waals surface area contributed by atoms with Crippen molar-refractivity contribution in [3.63, 3.8) is 0 Å². The van der Waals surface area contributed by atoms with Crippen molar-refractivity contribution >= 4 is 0 Å². The molecule has 50 valence electrons. The van der Waals surface area contributed by atoms with Gasteiger partial charge >= 0.3 is 0 Å². The second-order valence-electron chi connectivity index (χ2n) is 2.05. The van der Waals surface area contributed by atoms with Crippen LogP contribution in [0.1, 0.15) is 5.56 Å². The Morgan fingerprint density at radius 3 is 3.00 bits per heavy atom. The summed E-state index contributed by atoms with van der Waals surface area (Å²) in [6.45, 7) is 0.897. The third kappa shape index (κ3) is 1.54. The van der Waals surface area contributed by atoms with E-state index in [0.717, 1.165) is 6.54 Å². The van der Waals surface area contributed by atoms with Gasteiger partial charge in [0.15, 0.2) is 0 Å². The molecule has 1 aromatic heterocycles. The fraction of sp³-hybridized carbons (Fsp3) is 0.500. The minimum Gasteiger partial charge on any atom is -0.316 e. The monoisotopic (exact) mass is 125 g/mol. The minimum absolute atomic E-state index is 0.897.